The number of carbonyl (C=O) groups excluding carboxylic acids is 1. The zero-order chi connectivity index (χ0) is 14.2. The third-order valence-corrected chi connectivity index (χ3v) is 4.30. The van der Waals surface area contributed by atoms with Gasteiger partial charge in [-0.05, 0) is 18.2 Å². The van der Waals surface area contributed by atoms with Crippen molar-refractivity contribution in [3.63, 3.8) is 0 Å². The topological polar surface area (TPSA) is 57.8 Å². The largest absolute Gasteiger partial charge is 0.360 e. The van der Waals surface area contributed by atoms with Gasteiger partial charge >= 0.3 is 0 Å². The second-order valence-electron chi connectivity index (χ2n) is 4.69. The number of fused-ring (bicyclic) bond motifs is 2. The lowest BCUT2D eigenvalue weighted by atomic mass is 10.2. The fraction of sp³-hybridized carbons (Fsp3) is 0. The minimum atomic E-state index is -0.147. The van der Waals surface area contributed by atoms with E-state index < -0.39 is 0 Å². The summed E-state index contributed by atoms with van der Waals surface area (Å²) >= 11 is 1.48. The van der Waals surface area contributed by atoms with E-state index in [0.29, 0.717) is 10.7 Å². The summed E-state index contributed by atoms with van der Waals surface area (Å²) in [5.41, 5.74) is 2.48. The van der Waals surface area contributed by atoms with Gasteiger partial charge in [-0.2, -0.15) is 0 Å². The number of para-hydroxylation sites is 2. The van der Waals surface area contributed by atoms with Gasteiger partial charge in [0, 0.05) is 17.1 Å². The van der Waals surface area contributed by atoms with Gasteiger partial charge in [-0.15, -0.1) is 0 Å². The molecule has 0 spiro atoms. The van der Waals surface area contributed by atoms with Crippen molar-refractivity contribution >= 4 is 43.5 Å². The number of rotatable bonds is 2. The zero-order valence-electron chi connectivity index (χ0n) is 11.0. The summed E-state index contributed by atoms with van der Waals surface area (Å²) in [6.07, 6.45) is 1.73. The maximum atomic E-state index is 12.4. The Labute approximate surface area is 124 Å². The minimum Gasteiger partial charge on any atom is -0.360 e. The Balaban J connectivity index is 1.69. The number of aromatic nitrogens is 2. The molecule has 0 bridgehead atoms. The van der Waals surface area contributed by atoms with Crippen molar-refractivity contribution in [2.24, 2.45) is 0 Å². The van der Waals surface area contributed by atoms with Crippen molar-refractivity contribution in [3.8, 4) is 0 Å². The molecule has 2 heterocycles. The summed E-state index contributed by atoms with van der Waals surface area (Å²) in [5.74, 6) is -0.147. The van der Waals surface area contributed by atoms with Crippen LogP contribution >= 0.6 is 11.3 Å². The van der Waals surface area contributed by atoms with Gasteiger partial charge in [0.2, 0.25) is 0 Å². The molecule has 0 saturated heterocycles. The van der Waals surface area contributed by atoms with Crippen LogP contribution in [-0.2, 0) is 0 Å². The fourth-order valence-electron chi connectivity index (χ4n) is 2.35. The number of aromatic amines is 1. The Kier molecular flexibility index (Phi) is 2.72. The molecule has 4 aromatic rings. The second kappa shape index (κ2) is 4.71. The van der Waals surface area contributed by atoms with Gasteiger partial charge in [-0.3, -0.25) is 10.1 Å². The number of benzene rings is 2. The highest BCUT2D eigenvalue weighted by Crippen LogP contribution is 2.26. The van der Waals surface area contributed by atoms with Crippen LogP contribution in [0, 0.1) is 0 Å². The maximum Gasteiger partial charge on any atom is 0.259 e. The van der Waals surface area contributed by atoms with Crippen molar-refractivity contribution in [1.29, 1.82) is 0 Å². The van der Waals surface area contributed by atoms with E-state index in [0.717, 1.165) is 21.1 Å². The fourth-order valence-corrected chi connectivity index (χ4v) is 3.21. The number of carbonyl (C=O) groups is 1. The molecule has 0 aliphatic carbocycles. The van der Waals surface area contributed by atoms with Crippen LogP contribution < -0.4 is 5.32 Å². The molecule has 0 saturated carbocycles. The summed E-state index contributed by atoms with van der Waals surface area (Å²) in [6, 6.07) is 15.6. The van der Waals surface area contributed by atoms with Crippen molar-refractivity contribution in [2.45, 2.75) is 0 Å². The molecule has 0 aliphatic heterocycles. The molecule has 102 valence electrons. The number of nitrogens with one attached hydrogen (secondary N) is 2. The molecule has 2 N–H and O–H groups in total. The number of nitrogens with zero attached hydrogens (tertiary/aromatic N) is 1. The molecule has 0 unspecified atom stereocenters. The van der Waals surface area contributed by atoms with Gasteiger partial charge in [0.1, 0.15) is 0 Å². The molecule has 5 heteroatoms. The van der Waals surface area contributed by atoms with E-state index in [9.17, 15) is 4.79 Å². The van der Waals surface area contributed by atoms with Gasteiger partial charge < -0.3 is 4.98 Å². The van der Waals surface area contributed by atoms with E-state index in [1.54, 1.807) is 6.20 Å². The molecule has 4 nitrogen and oxygen atoms in total. The number of hydrogen-bond donors (Lipinski definition) is 2. The van der Waals surface area contributed by atoms with Gasteiger partial charge in [0.15, 0.2) is 5.13 Å². The Bertz CT molecular complexity index is 921. The van der Waals surface area contributed by atoms with Crippen LogP contribution in [-0.4, -0.2) is 15.9 Å². The SMILES string of the molecule is O=C(Nc1nc2ccccc2s1)c1c[nH]c2ccccc12. The molecule has 0 atom stereocenters. The van der Waals surface area contributed by atoms with Crippen LogP contribution in [0.5, 0.6) is 0 Å². The first kappa shape index (κ1) is 12.1. The standard InChI is InChI=1S/C16H11N3OS/c20-15(11-9-17-12-6-2-1-5-10(11)12)19-16-18-13-7-3-4-8-14(13)21-16/h1-9,17H,(H,18,19,20). The number of thiazole rings is 1. The number of H-pyrrole nitrogens is 1. The van der Waals surface area contributed by atoms with E-state index in [2.05, 4.69) is 15.3 Å². The number of amides is 1. The van der Waals surface area contributed by atoms with E-state index in [-0.39, 0.29) is 5.91 Å². The van der Waals surface area contributed by atoms with E-state index >= 15 is 0 Å². The normalized spacial score (nSPS) is 11.0. The summed E-state index contributed by atoms with van der Waals surface area (Å²) in [6.45, 7) is 0. The molecular formula is C16H11N3OS. The van der Waals surface area contributed by atoms with Gasteiger partial charge in [0.05, 0.1) is 15.8 Å². The van der Waals surface area contributed by atoms with Crippen molar-refractivity contribution in [1.82, 2.24) is 9.97 Å². The van der Waals surface area contributed by atoms with E-state index in [4.69, 9.17) is 0 Å². The monoisotopic (exact) mass is 293 g/mol. The van der Waals surface area contributed by atoms with E-state index in [1.807, 2.05) is 48.5 Å². The molecule has 0 aliphatic rings. The lowest BCUT2D eigenvalue weighted by Crippen LogP contribution is -2.10. The molecule has 1 amide bonds. The van der Waals surface area contributed by atoms with Crippen LogP contribution in [0.25, 0.3) is 21.1 Å². The predicted octanol–water partition coefficient (Wildman–Crippen LogP) is 4.03. The highest BCUT2D eigenvalue weighted by atomic mass is 32.1. The summed E-state index contributed by atoms with van der Waals surface area (Å²) in [5, 5.41) is 4.40. The molecule has 2 aromatic heterocycles. The Morgan fingerprint density at radius 1 is 1.10 bits per heavy atom. The first-order chi connectivity index (χ1) is 10.3. The second-order valence-corrected chi connectivity index (χ2v) is 5.72. The smallest absolute Gasteiger partial charge is 0.259 e. The van der Waals surface area contributed by atoms with Crippen LogP contribution in [0.3, 0.4) is 0 Å². The van der Waals surface area contributed by atoms with Gasteiger partial charge in [-0.1, -0.05) is 41.7 Å². The van der Waals surface area contributed by atoms with Crippen molar-refractivity contribution < 1.29 is 4.79 Å². The van der Waals surface area contributed by atoms with Gasteiger partial charge in [-0.25, -0.2) is 4.98 Å². The Hall–Kier alpha value is -2.66. The van der Waals surface area contributed by atoms with E-state index in [1.165, 1.54) is 11.3 Å². The number of anilines is 1. The lowest BCUT2D eigenvalue weighted by molar-refractivity contribution is 0.102. The average molecular weight is 293 g/mol. The van der Waals surface area contributed by atoms with Crippen LogP contribution in [0.2, 0.25) is 0 Å². The van der Waals surface area contributed by atoms with Gasteiger partial charge in [0.25, 0.3) is 5.91 Å². The molecule has 2 aromatic carbocycles. The maximum absolute atomic E-state index is 12.4. The summed E-state index contributed by atoms with van der Waals surface area (Å²) in [7, 11) is 0. The first-order valence-corrected chi connectivity index (χ1v) is 7.36. The zero-order valence-corrected chi connectivity index (χ0v) is 11.8. The predicted molar refractivity (Wildman–Crippen MR) is 85.9 cm³/mol. The Morgan fingerprint density at radius 2 is 1.90 bits per heavy atom. The molecular weight excluding hydrogens is 282 g/mol. The minimum absolute atomic E-state index is 0.147. The van der Waals surface area contributed by atoms with Crippen LogP contribution in [0.1, 0.15) is 10.4 Å². The highest BCUT2D eigenvalue weighted by Gasteiger charge is 2.13. The molecule has 4 rings (SSSR count). The number of hydrogen-bond acceptors (Lipinski definition) is 3. The lowest BCUT2D eigenvalue weighted by Gasteiger charge is -1.99. The third kappa shape index (κ3) is 2.08. The van der Waals surface area contributed by atoms with Crippen LogP contribution in [0.15, 0.2) is 54.7 Å². The highest BCUT2D eigenvalue weighted by molar-refractivity contribution is 7.22. The Morgan fingerprint density at radius 3 is 2.81 bits per heavy atom. The quantitative estimate of drug-likeness (QED) is 0.586. The molecule has 21 heavy (non-hydrogen) atoms. The molecule has 0 radical (unpaired) electrons. The summed E-state index contributed by atoms with van der Waals surface area (Å²) < 4.78 is 1.06. The van der Waals surface area contributed by atoms with Crippen molar-refractivity contribution in [3.05, 3.63) is 60.3 Å². The summed E-state index contributed by atoms with van der Waals surface area (Å²) in [4.78, 5) is 19.9. The first-order valence-electron chi connectivity index (χ1n) is 6.54. The molecule has 0 fully saturated rings. The third-order valence-electron chi connectivity index (χ3n) is 3.35. The van der Waals surface area contributed by atoms with Crippen molar-refractivity contribution in [2.75, 3.05) is 5.32 Å². The average Bonchev–Trinajstić information content (AvgIpc) is 3.10. The van der Waals surface area contributed by atoms with Crippen LogP contribution in [0.4, 0.5) is 5.13 Å².